The summed E-state index contributed by atoms with van der Waals surface area (Å²) in [7, 11) is 0. The number of anilines is 2. The second-order valence-corrected chi connectivity index (χ2v) is 5.46. The zero-order valence-electron chi connectivity index (χ0n) is 10.2. The van der Waals surface area contributed by atoms with Gasteiger partial charge >= 0.3 is 0 Å². The molecule has 0 amide bonds. The van der Waals surface area contributed by atoms with E-state index in [-0.39, 0.29) is 6.61 Å². The van der Waals surface area contributed by atoms with E-state index in [4.69, 9.17) is 10.8 Å². The number of benzene rings is 1. The molecule has 0 saturated carbocycles. The van der Waals surface area contributed by atoms with E-state index < -0.39 is 6.10 Å². The lowest BCUT2D eigenvalue weighted by atomic mass is 10.2. The molecule has 0 bridgehead atoms. The van der Waals surface area contributed by atoms with Crippen molar-refractivity contribution in [2.75, 3.05) is 35.7 Å². The van der Waals surface area contributed by atoms with Gasteiger partial charge in [0.2, 0.25) is 0 Å². The zero-order chi connectivity index (χ0) is 13.4. The van der Waals surface area contributed by atoms with Gasteiger partial charge < -0.3 is 21.3 Å². The average Bonchev–Trinajstić information content (AvgIpc) is 2.38. The normalized spacial score (nSPS) is 12.4. The van der Waals surface area contributed by atoms with Crippen LogP contribution in [0, 0.1) is 0 Å². The number of thioether (sulfide) groups is 1. The fourth-order valence-corrected chi connectivity index (χ4v) is 2.52. The molecule has 102 valence electrons. The Kier molecular flexibility index (Phi) is 7.34. The number of hydrogen-bond acceptors (Lipinski definition) is 6. The second kappa shape index (κ2) is 8.53. The molecular formula is C12H20N2O2S2. The highest BCUT2D eigenvalue weighted by Crippen LogP contribution is 2.29. The first-order valence-corrected chi connectivity index (χ1v) is 7.45. The number of aliphatic hydroxyl groups is 2. The largest absolute Gasteiger partial charge is 0.399 e. The third kappa shape index (κ3) is 5.39. The Morgan fingerprint density at radius 2 is 2.22 bits per heavy atom. The third-order valence-electron chi connectivity index (χ3n) is 2.36. The van der Waals surface area contributed by atoms with Crippen LogP contribution in [0.3, 0.4) is 0 Å². The minimum absolute atomic E-state index is 0.204. The van der Waals surface area contributed by atoms with Crippen molar-refractivity contribution in [1.82, 2.24) is 0 Å². The van der Waals surface area contributed by atoms with E-state index in [0.29, 0.717) is 13.0 Å². The molecule has 0 aliphatic carbocycles. The number of aliphatic hydroxyl groups excluding tert-OH is 2. The van der Waals surface area contributed by atoms with Gasteiger partial charge in [0.05, 0.1) is 12.7 Å². The molecule has 0 heterocycles. The maximum absolute atomic E-state index is 9.27. The van der Waals surface area contributed by atoms with Crippen molar-refractivity contribution in [2.45, 2.75) is 17.4 Å². The van der Waals surface area contributed by atoms with Gasteiger partial charge in [0.25, 0.3) is 0 Å². The van der Waals surface area contributed by atoms with Gasteiger partial charge in [0.15, 0.2) is 0 Å². The number of hydrogen-bond donors (Lipinski definition) is 5. The van der Waals surface area contributed by atoms with Gasteiger partial charge in [-0.1, -0.05) is 0 Å². The summed E-state index contributed by atoms with van der Waals surface area (Å²) in [5, 5.41) is 21.2. The topological polar surface area (TPSA) is 78.5 Å². The van der Waals surface area contributed by atoms with Crippen LogP contribution in [0.1, 0.15) is 6.42 Å². The van der Waals surface area contributed by atoms with E-state index in [1.165, 1.54) is 0 Å². The maximum Gasteiger partial charge on any atom is 0.0787 e. The van der Waals surface area contributed by atoms with E-state index in [9.17, 15) is 5.11 Å². The van der Waals surface area contributed by atoms with Gasteiger partial charge in [-0.25, -0.2) is 0 Å². The highest BCUT2D eigenvalue weighted by atomic mass is 32.2. The van der Waals surface area contributed by atoms with Gasteiger partial charge in [0, 0.05) is 28.6 Å². The molecule has 6 heteroatoms. The first-order chi connectivity index (χ1) is 8.67. The monoisotopic (exact) mass is 288 g/mol. The lowest BCUT2D eigenvalue weighted by Crippen LogP contribution is -2.17. The van der Waals surface area contributed by atoms with Crippen molar-refractivity contribution >= 4 is 35.8 Å². The van der Waals surface area contributed by atoms with Crippen LogP contribution < -0.4 is 11.1 Å². The fraction of sp³-hybridized carbons (Fsp3) is 0.500. The molecule has 1 aromatic carbocycles. The summed E-state index contributed by atoms with van der Waals surface area (Å²) in [6.45, 7) is 0.407. The summed E-state index contributed by atoms with van der Waals surface area (Å²) in [5.74, 6) is 1.72. The number of thiol groups is 1. The molecule has 0 spiro atoms. The fourth-order valence-electron chi connectivity index (χ4n) is 1.42. The molecule has 1 unspecified atom stereocenters. The van der Waals surface area contributed by atoms with Crippen molar-refractivity contribution in [3.63, 3.8) is 0 Å². The predicted molar refractivity (Wildman–Crippen MR) is 81.6 cm³/mol. The summed E-state index contributed by atoms with van der Waals surface area (Å²) < 4.78 is 0. The van der Waals surface area contributed by atoms with Crippen molar-refractivity contribution in [3.05, 3.63) is 18.2 Å². The minimum atomic E-state index is -0.667. The van der Waals surface area contributed by atoms with Gasteiger partial charge in [-0.3, -0.25) is 0 Å². The molecule has 4 nitrogen and oxygen atoms in total. The van der Waals surface area contributed by atoms with Crippen LogP contribution in [0.5, 0.6) is 0 Å². The molecule has 1 aromatic rings. The predicted octanol–water partition coefficient (Wildman–Crippen LogP) is 1.45. The molecule has 5 N–H and O–H groups in total. The van der Waals surface area contributed by atoms with E-state index in [2.05, 4.69) is 17.9 Å². The molecule has 1 atom stereocenters. The van der Waals surface area contributed by atoms with Gasteiger partial charge in [-0.05, 0) is 30.4 Å². The number of rotatable bonds is 8. The Hall–Kier alpha value is -0.560. The summed E-state index contributed by atoms with van der Waals surface area (Å²) >= 11 is 5.88. The quantitative estimate of drug-likeness (QED) is 0.284. The molecule has 0 radical (unpaired) electrons. The van der Waals surface area contributed by atoms with Crippen LogP contribution >= 0.6 is 24.4 Å². The van der Waals surface area contributed by atoms with E-state index in [1.54, 1.807) is 11.8 Å². The summed E-state index contributed by atoms with van der Waals surface area (Å²) in [4.78, 5) is 1.09. The van der Waals surface area contributed by atoms with Gasteiger partial charge in [-0.15, -0.1) is 11.8 Å². The summed E-state index contributed by atoms with van der Waals surface area (Å²) in [6.07, 6.45) is -0.155. The smallest absolute Gasteiger partial charge is 0.0787 e. The van der Waals surface area contributed by atoms with Crippen molar-refractivity contribution in [1.29, 1.82) is 0 Å². The molecule has 0 aliphatic rings. The molecule has 0 aliphatic heterocycles. The maximum atomic E-state index is 9.27. The van der Waals surface area contributed by atoms with Crippen molar-refractivity contribution < 1.29 is 10.2 Å². The lowest BCUT2D eigenvalue weighted by molar-refractivity contribution is 0.0911. The van der Waals surface area contributed by atoms with E-state index in [1.807, 2.05) is 18.2 Å². The van der Waals surface area contributed by atoms with Crippen LogP contribution in [0.25, 0.3) is 0 Å². The summed E-state index contributed by atoms with van der Waals surface area (Å²) in [6, 6.07) is 5.70. The van der Waals surface area contributed by atoms with Crippen LogP contribution in [0.2, 0.25) is 0 Å². The Morgan fingerprint density at radius 1 is 1.44 bits per heavy atom. The van der Waals surface area contributed by atoms with Gasteiger partial charge in [-0.2, -0.15) is 12.6 Å². The molecule has 0 aromatic heterocycles. The Balaban J connectivity index is 2.57. The Morgan fingerprint density at radius 3 is 2.89 bits per heavy atom. The Labute approximate surface area is 117 Å². The number of nitrogens with one attached hydrogen (secondary N) is 1. The minimum Gasteiger partial charge on any atom is -0.399 e. The van der Waals surface area contributed by atoms with E-state index >= 15 is 0 Å². The third-order valence-corrected chi connectivity index (χ3v) is 3.94. The standard InChI is InChI=1S/C12H20N2O2S2/c13-9-1-2-11(12(7-9)18-6-5-17)14-4-3-10(16)8-15/h1-2,7,10,14-17H,3-6,8,13H2. The molecule has 1 rings (SSSR count). The van der Waals surface area contributed by atoms with E-state index in [0.717, 1.165) is 27.8 Å². The Bertz CT molecular complexity index is 364. The van der Waals surface area contributed by atoms with Crippen LogP contribution in [0.4, 0.5) is 11.4 Å². The molecule has 18 heavy (non-hydrogen) atoms. The highest BCUT2D eigenvalue weighted by Gasteiger charge is 2.05. The summed E-state index contributed by atoms with van der Waals surface area (Å²) in [5.41, 5.74) is 7.50. The van der Waals surface area contributed by atoms with Crippen LogP contribution in [0.15, 0.2) is 23.1 Å². The van der Waals surface area contributed by atoms with Gasteiger partial charge in [0.1, 0.15) is 0 Å². The SMILES string of the molecule is Nc1ccc(NCCC(O)CO)c(SCCS)c1. The molecular weight excluding hydrogens is 268 g/mol. The van der Waals surface area contributed by atoms with Crippen molar-refractivity contribution in [2.24, 2.45) is 0 Å². The van der Waals surface area contributed by atoms with Crippen molar-refractivity contribution in [3.8, 4) is 0 Å². The first-order valence-electron chi connectivity index (χ1n) is 5.83. The first kappa shape index (κ1) is 15.5. The second-order valence-electron chi connectivity index (χ2n) is 3.88. The lowest BCUT2D eigenvalue weighted by Gasteiger charge is -2.13. The zero-order valence-corrected chi connectivity index (χ0v) is 11.9. The average molecular weight is 288 g/mol. The van der Waals surface area contributed by atoms with Crippen LogP contribution in [-0.4, -0.2) is 41.0 Å². The molecule has 0 saturated heterocycles. The number of nitrogen functional groups attached to an aromatic ring is 1. The highest BCUT2D eigenvalue weighted by molar-refractivity contribution is 8.00. The van der Waals surface area contributed by atoms with Crippen LogP contribution in [-0.2, 0) is 0 Å². The number of nitrogens with two attached hydrogens (primary N) is 1. The molecule has 0 fully saturated rings.